The number of nitrogens with one attached hydrogen (secondary N) is 1. The zero-order chi connectivity index (χ0) is 28.5. The van der Waals surface area contributed by atoms with Crippen molar-refractivity contribution in [1.29, 1.82) is 0 Å². The summed E-state index contributed by atoms with van der Waals surface area (Å²) in [7, 11) is 0.966. The van der Waals surface area contributed by atoms with Crippen LogP contribution in [0, 0.1) is 11.7 Å². The fourth-order valence-electron chi connectivity index (χ4n) is 5.00. The molecule has 2 aliphatic rings. The first-order valence-electron chi connectivity index (χ1n) is 11.2. The third kappa shape index (κ3) is 4.10. The second kappa shape index (κ2) is 9.07. The Labute approximate surface area is 206 Å². The lowest BCUT2D eigenvalue weighted by atomic mass is 9.83. The van der Waals surface area contributed by atoms with Gasteiger partial charge in [0.1, 0.15) is 11.2 Å². The summed E-state index contributed by atoms with van der Waals surface area (Å²) in [5, 5.41) is 8.81. The Bertz CT molecular complexity index is 1350. The van der Waals surface area contributed by atoms with Gasteiger partial charge in [-0.2, -0.15) is 26.3 Å². The molecular weight excluding hydrogens is 543 g/mol. The van der Waals surface area contributed by atoms with E-state index in [1.165, 1.54) is 0 Å². The number of hydrogen-bond donors (Lipinski definition) is 3. The van der Waals surface area contributed by atoms with Crippen molar-refractivity contribution in [2.24, 2.45) is 11.7 Å². The van der Waals surface area contributed by atoms with Crippen molar-refractivity contribution in [3.63, 3.8) is 0 Å². The number of fused-ring (bicyclic) bond motifs is 1. The minimum absolute atomic E-state index is 0.412. The lowest BCUT2D eigenvalue weighted by molar-refractivity contribution is -0.377. The number of methoxy groups -OCH3 is 1. The van der Waals surface area contributed by atoms with Gasteiger partial charge in [0.15, 0.2) is 11.6 Å². The highest BCUT2D eigenvalue weighted by Gasteiger charge is 2.74. The van der Waals surface area contributed by atoms with Crippen molar-refractivity contribution < 1.29 is 49.4 Å². The number of nitrogens with two attached hydrogens (primary N) is 1. The molecule has 2 aromatic rings. The van der Waals surface area contributed by atoms with Gasteiger partial charge in [-0.05, 0) is 25.2 Å². The third-order valence-corrected chi connectivity index (χ3v) is 7.02. The zero-order valence-electron chi connectivity index (χ0n) is 19.4. The quantitative estimate of drug-likeness (QED) is 0.465. The van der Waals surface area contributed by atoms with Gasteiger partial charge in [0.05, 0.1) is 24.1 Å². The van der Waals surface area contributed by atoms with Crippen LogP contribution < -0.4 is 26.6 Å². The number of aliphatic hydroxyl groups is 1. The van der Waals surface area contributed by atoms with Crippen LogP contribution >= 0.6 is 0 Å². The summed E-state index contributed by atoms with van der Waals surface area (Å²) in [4.78, 5) is 27.8. The van der Waals surface area contributed by atoms with Gasteiger partial charge in [-0.3, -0.25) is 14.3 Å². The fraction of sp³-hybridized carbons (Fsp3) is 0.619. The SMILES string of the molecule is COc1c(N2CCC(C(N)C(O)(C(F)(F)F)C(F)(F)F)C2)c(F)c(C(F)F)c2c(=O)[nH]c(=O)n(C3CC3)c12. The standard InChI is InChI=1S/C21H21F9N4O4/c1-38-14-12-10(17(35)32-18(36)34(12)8-2-3-8)9(16(23)24)11(22)13(14)33-5-4-7(6-33)15(31)19(37,20(25,26)27)21(28,29)30/h7-8,15-16,37H,2-6,31H2,1H3,(H,32,35,36). The lowest BCUT2D eigenvalue weighted by Crippen LogP contribution is -2.69. The second-order valence-electron chi connectivity index (χ2n) is 9.28. The number of rotatable bonds is 6. The van der Waals surface area contributed by atoms with E-state index in [1.807, 2.05) is 4.98 Å². The van der Waals surface area contributed by atoms with Crippen LogP contribution in [0.1, 0.15) is 37.3 Å². The molecular formula is C21H21F9N4O4. The van der Waals surface area contributed by atoms with Gasteiger partial charge < -0.3 is 20.5 Å². The molecule has 0 radical (unpaired) electrons. The Morgan fingerprint density at radius 1 is 1.08 bits per heavy atom. The molecule has 0 spiro atoms. The van der Waals surface area contributed by atoms with Crippen LogP contribution in [0.3, 0.4) is 0 Å². The zero-order valence-corrected chi connectivity index (χ0v) is 19.4. The van der Waals surface area contributed by atoms with E-state index in [-0.39, 0.29) is 0 Å². The second-order valence-corrected chi connectivity index (χ2v) is 9.28. The van der Waals surface area contributed by atoms with Gasteiger partial charge in [-0.25, -0.2) is 18.0 Å². The number of alkyl halides is 8. The number of nitrogens with zero attached hydrogens (tertiary/aromatic N) is 2. The monoisotopic (exact) mass is 564 g/mol. The Hall–Kier alpha value is -2.95. The van der Waals surface area contributed by atoms with E-state index in [2.05, 4.69) is 0 Å². The predicted molar refractivity (Wildman–Crippen MR) is 114 cm³/mol. The van der Waals surface area contributed by atoms with Gasteiger partial charge in [0.2, 0.25) is 0 Å². The molecule has 2 fully saturated rings. The number of anilines is 1. The Morgan fingerprint density at radius 3 is 2.13 bits per heavy atom. The normalized spacial score (nSPS) is 20.0. The van der Waals surface area contributed by atoms with Gasteiger partial charge in [0.25, 0.3) is 17.6 Å². The molecule has 2 atom stereocenters. The number of halogens is 9. The highest BCUT2D eigenvalue weighted by atomic mass is 19.4. The van der Waals surface area contributed by atoms with E-state index in [0.29, 0.717) is 12.8 Å². The molecule has 1 aromatic heterocycles. The summed E-state index contributed by atoms with van der Waals surface area (Å²) < 4.78 is 130. The largest absolute Gasteiger partial charge is 0.492 e. The minimum atomic E-state index is -6.21. The average molecular weight is 564 g/mol. The summed E-state index contributed by atoms with van der Waals surface area (Å²) in [6.45, 7) is -1.30. The van der Waals surface area contributed by atoms with Gasteiger partial charge in [-0.15, -0.1) is 0 Å². The molecule has 1 aliphatic heterocycles. The van der Waals surface area contributed by atoms with Crippen LogP contribution in [0.5, 0.6) is 5.75 Å². The van der Waals surface area contributed by atoms with Crippen molar-refractivity contribution in [2.45, 2.75) is 55.7 Å². The molecule has 1 saturated heterocycles. The smallest absolute Gasteiger partial charge is 0.427 e. The third-order valence-electron chi connectivity index (χ3n) is 7.02. The van der Waals surface area contributed by atoms with Gasteiger partial charge >= 0.3 is 18.0 Å². The number of ether oxygens (including phenoxy) is 1. The van der Waals surface area contributed by atoms with Gasteiger partial charge in [-0.1, -0.05) is 0 Å². The van der Waals surface area contributed by atoms with E-state index in [9.17, 15) is 49.8 Å². The van der Waals surface area contributed by atoms with Crippen molar-refractivity contribution in [1.82, 2.24) is 9.55 Å². The summed E-state index contributed by atoms with van der Waals surface area (Å²) >= 11 is 0. The van der Waals surface area contributed by atoms with E-state index in [4.69, 9.17) is 10.5 Å². The summed E-state index contributed by atoms with van der Waals surface area (Å²) in [6.07, 6.45) is -15.7. The first kappa shape index (κ1) is 28.1. The topological polar surface area (TPSA) is 114 Å². The van der Waals surface area contributed by atoms with Crippen molar-refractivity contribution >= 4 is 16.6 Å². The molecule has 1 aliphatic carbocycles. The maximum Gasteiger partial charge on any atom is 0.427 e. The highest BCUT2D eigenvalue weighted by molar-refractivity contribution is 5.94. The van der Waals surface area contributed by atoms with Crippen molar-refractivity contribution in [3.05, 3.63) is 32.2 Å². The summed E-state index contributed by atoms with van der Waals surface area (Å²) in [6, 6.07) is -3.50. The molecule has 17 heteroatoms. The van der Waals surface area contributed by atoms with E-state index in [0.717, 1.165) is 16.6 Å². The molecule has 8 nitrogen and oxygen atoms in total. The van der Waals surface area contributed by atoms with Crippen LogP contribution in [0.4, 0.5) is 45.2 Å². The molecule has 2 unspecified atom stereocenters. The molecule has 1 aromatic carbocycles. The van der Waals surface area contributed by atoms with Crippen LogP contribution in [-0.2, 0) is 0 Å². The van der Waals surface area contributed by atoms with Crippen LogP contribution in [0.25, 0.3) is 10.9 Å². The van der Waals surface area contributed by atoms with E-state index < -0.39 is 107 Å². The Kier molecular flexibility index (Phi) is 6.70. The Morgan fingerprint density at radius 2 is 1.66 bits per heavy atom. The van der Waals surface area contributed by atoms with Crippen LogP contribution in [-0.4, -0.2) is 58.9 Å². The molecule has 1 saturated carbocycles. The number of aromatic amines is 1. The molecule has 0 bridgehead atoms. The summed E-state index contributed by atoms with van der Waals surface area (Å²) in [5.74, 6) is -4.01. The molecule has 4 N–H and O–H groups in total. The lowest BCUT2D eigenvalue weighted by Gasteiger charge is -2.39. The van der Waals surface area contributed by atoms with Crippen molar-refractivity contribution in [3.8, 4) is 5.75 Å². The molecule has 0 amide bonds. The maximum atomic E-state index is 15.6. The van der Waals surface area contributed by atoms with Gasteiger partial charge in [0, 0.05) is 19.1 Å². The maximum absolute atomic E-state index is 15.6. The van der Waals surface area contributed by atoms with E-state index >= 15 is 4.39 Å². The predicted octanol–water partition coefficient (Wildman–Crippen LogP) is 3.12. The first-order chi connectivity index (χ1) is 17.5. The molecule has 2 heterocycles. The number of benzene rings is 1. The van der Waals surface area contributed by atoms with E-state index in [1.54, 1.807) is 0 Å². The highest BCUT2D eigenvalue weighted by Crippen LogP contribution is 2.50. The Balaban J connectivity index is 1.90. The fourth-order valence-corrected chi connectivity index (χ4v) is 5.00. The molecule has 212 valence electrons. The van der Waals surface area contributed by atoms with Crippen LogP contribution in [0.15, 0.2) is 9.59 Å². The van der Waals surface area contributed by atoms with Crippen LogP contribution in [0.2, 0.25) is 0 Å². The number of hydrogen-bond acceptors (Lipinski definition) is 6. The van der Waals surface area contributed by atoms with Crippen molar-refractivity contribution in [2.75, 3.05) is 25.1 Å². The summed E-state index contributed by atoms with van der Waals surface area (Å²) in [5.41, 5.74) is -5.01. The minimum Gasteiger partial charge on any atom is -0.492 e. The number of H-pyrrole nitrogens is 1. The number of aromatic nitrogens is 2. The molecule has 4 rings (SSSR count). The first-order valence-corrected chi connectivity index (χ1v) is 11.2. The molecule has 38 heavy (non-hydrogen) atoms. The average Bonchev–Trinajstić information content (AvgIpc) is 3.51.